The van der Waals surface area contributed by atoms with E-state index in [0.717, 1.165) is 0 Å². The van der Waals surface area contributed by atoms with Crippen molar-refractivity contribution >= 4 is 11.9 Å². The van der Waals surface area contributed by atoms with Crippen LogP contribution in [0.3, 0.4) is 0 Å². The third-order valence-electron chi connectivity index (χ3n) is 1.46. The van der Waals surface area contributed by atoms with E-state index in [9.17, 15) is 19.8 Å². The first-order chi connectivity index (χ1) is 7.54. The molecule has 0 aromatic heterocycles. The summed E-state index contributed by atoms with van der Waals surface area (Å²) in [7, 11) is 3.07. The van der Waals surface area contributed by atoms with Crippen LogP contribution in [0.15, 0.2) is 0 Å². The number of rotatable bonds is 8. The van der Waals surface area contributed by atoms with Crippen LogP contribution in [0, 0.1) is 0 Å². The molecular formula is C10H18HgO6. The average molecular weight is 435 g/mol. The second-order valence-electron chi connectivity index (χ2n) is 2.94. The first-order valence-corrected chi connectivity index (χ1v) is 4.92. The van der Waals surface area contributed by atoms with Gasteiger partial charge >= 0.3 is 27.7 Å². The van der Waals surface area contributed by atoms with Gasteiger partial charge in [-0.2, -0.15) is 0 Å². The number of carboxylic acid groups (broad SMARTS) is 2. The molecule has 0 radical (unpaired) electrons. The van der Waals surface area contributed by atoms with Crippen LogP contribution >= 0.6 is 0 Å². The van der Waals surface area contributed by atoms with Gasteiger partial charge < -0.3 is 29.3 Å². The summed E-state index contributed by atoms with van der Waals surface area (Å²) in [4.78, 5) is 19.4. The second kappa shape index (κ2) is 18.2. The summed E-state index contributed by atoms with van der Waals surface area (Å²) in [6.45, 7) is 0.988. The number of carboxylic acids is 2. The number of methoxy groups -OCH3 is 2. The van der Waals surface area contributed by atoms with E-state index in [1.165, 1.54) is 14.2 Å². The molecule has 0 atom stereocenters. The minimum absolute atomic E-state index is 0. The Labute approximate surface area is 122 Å². The van der Waals surface area contributed by atoms with E-state index in [1.54, 1.807) is 0 Å². The first kappa shape index (κ1) is 22.0. The number of hydrogen-bond donors (Lipinski definition) is 0. The van der Waals surface area contributed by atoms with Crippen molar-refractivity contribution in [1.82, 2.24) is 0 Å². The van der Waals surface area contributed by atoms with Gasteiger partial charge in [0.05, 0.1) is 0 Å². The fraction of sp³-hybridized carbons (Fsp3) is 0.800. The Balaban J connectivity index is -0.000000218. The molecule has 0 aliphatic heterocycles. The largest absolute Gasteiger partial charge is 2.00 e. The Kier molecular flexibility index (Phi) is 23.5. The molecule has 0 N–H and O–H groups in total. The summed E-state index contributed by atoms with van der Waals surface area (Å²) in [6, 6.07) is 0. The maximum atomic E-state index is 9.71. The fourth-order valence-corrected chi connectivity index (χ4v) is 0.722. The zero-order chi connectivity index (χ0) is 12.8. The van der Waals surface area contributed by atoms with E-state index in [2.05, 4.69) is 9.47 Å². The molecule has 0 fully saturated rings. The Morgan fingerprint density at radius 2 is 1.18 bits per heavy atom. The molecule has 0 amide bonds. The van der Waals surface area contributed by atoms with Crippen LogP contribution in [0.4, 0.5) is 0 Å². The summed E-state index contributed by atoms with van der Waals surface area (Å²) >= 11 is 0. The Morgan fingerprint density at radius 3 is 1.35 bits per heavy atom. The quantitative estimate of drug-likeness (QED) is 0.334. The first-order valence-electron chi connectivity index (χ1n) is 4.92. The van der Waals surface area contributed by atoms with Gasteiger partial charge in [-0.1, -0.05) is 0 Å². The van der Waals surface area contributed by atoms with Gasteiger partial charge in [-0.3, -0.25) is 0 Å². The molecule has 0 rings (SSSR count). The molecule has 0 unspecified atom stereocenters. The van der Waals surface area contributed by atoms with Crippen molar-refractivity contribution in [2.75, 3.05) is 27.4 Å². The van der Waals surface area contributed by atoms with Crippen LogP contribution in [-0.2, 0) is 46.7 Å². The van der Waals surface area contributed by atoms with Crippen LogP contribution < -0.4 is 10.2 Å². The number of hydrogen-bond acceptors (Lipinski definition) is 6. The van der Waals surface area contributed by atoms with Crippen LogP contribution in [-0.4, -0.2) is 39.4 Å². The van der Waals surface area contributed by atoms with E-state index in [0.29, 0.717) is 26.1 Å². The monoisotopic (exact) mass is 436 g/mol. The van der Waals surface area contributed by atoms with Crippen molar-refractivity contribution in [3.05, 3.63) is 0 Å². The standard InChI is InChI=1S/2C5H10O3.Hg/c2*1-8-4-2-3-5(6)7;/h2*2-4H2,1H3,(H,6,7);/q;;+2/p-2. The molecule has 17 heavy (non-hydrogen) atoms. The topological polar surface area (TPSA) is 98.7 Å². The molecule has 0 aromatic rings. The van der Waals surface area contributed by atoms with Crippen molar-refractivity contribution < 1.29 is 56.9 Å². The van der Waals surface area contributed by atoms with Gasteiger partial charge in [0, 0.05) is 39.4 Å². The zero-order valence-corrected chi connectivity index (χ0v) is 15.9. The number of carbonyl (C=O) groups is 2. The van der Waals surface area contributed by atoms with Crippen molar-refractivity contribution in [1.29, 1.82) is 0 Å². The second-order valence-corrected chi connectivity index (χ2v) is 2.94. The van der Waals surface area contributed by atoms with E-state index < -0.39 is 11.9 Å². The van der Waals surface area contributed by atoms with Gasteiger partial charge in [0.15, 0.2) is 0 Å². The number of aliphatic carboxylic acids is 2. The molecule has 6 nitrogen and oxygen atoms in total. The van der Waals surface area contributed by atoms with Crippen LogP contribution in [0.25, 0.3) is 0 Å². The van der Waals surface area contributed by atoms with Gasteiger partial charge in [0.2, 0.25) is 0 Å². The third kappa shape index (κ3) is 31.3. The van der Waals surface area contributed by atoms with E-state index in [1.807, 2.05) is 0 Å². The molecule has 0 saturated heterocycles. The molecule has 7 heteroatoms. The predicted molar refractivity (Wildman–Crippen MR) is 52.2 cm³/mol. The number of carbonyl (C=O) groups excluding carboxylic acids is 2. The summed E-state index contributed by atoms with van der Waals surface area (Å²) in [5.74, 6) is -2.02. The molecule has 0 aliphatic carbocycles. The molecule has 0 saturated carbocycles. The van der Waals surface area contributed by atoms with E-state index in [4.69, 9.17) is 0 Å². The van der Waals surface area contributed by atoms with Gasteiger partial charge in [0.1, 0.15) is 0 Å². The van der Waals surface area contributed by atoms with Crippen molar-refractivity contribution in [3.63, 3.8) is 0 Å². The van der Waals surface area contributed by atoms with Crippen molar-refractivity contribution in [2.45, 2.75) is 25.7 Å². The third-order valence-corrected chi connectivity index (χ3v) is 1.46. The van der Waals surface area contributed by atoms with Crippen LogP contribution in [0.5, 0.6) is 0 Å². The van der Waals surface area contributed by atoms with Gasteiger partial charge in [-0.25, -0.2) is 0 Å². The molecule has 0 aromatic carbocycles. The summed E-state index contributed by atoms with van der Waals surface area (Å²) in [5, 5.41) is 19.4. The van der Waals surface area contributed by atoms with Gasteiger partial charge in [0.25, 0.3) is 0 Å². The Hall–Kier alpha value is -0.205. The predicted octanol–water partition coefficient (Wildman–Crippen LogP) is -1.68. The van der Waals surface area contributed by atoms with E-state index >= 15 is 0 Å². The Bertz CT molecular complexity index is 166. The van der Waals surface area contributed by atoms with Crippen LogP contribution in [0.1, 0.15) is 25.7 Å². The van der Waals surface area contributed by atoms with E-state index in [-0.39, 0.29) is 40.5 Å². The maximum absolute atomic E-state index is 9.71. The molecule has 0 heterocycles. The van der Waals surface area contributed by atoms with Crippen LogP contribution in [0.2, 0.25) is 0 Å². The summed E-state index contributed by atoms with van der Waals surface area (Å²) in [5.41, 5.74) is 0. The summed E-state index contributed by atoms with van der Waals surface area (Å²) in [6.07, 6.45) is 1.26. The van der Waals surface area contributed by atoms with Gasteiger partial charge in [-0.05, 0) is 25.7 Å². The minimum atomic E-state index is -1.01. The van der Waals surface area contributed by atoms with Gasteiger partial charge in [-0.15, -0.1) is 0 Å². The minimum Gasteiger partial charge on any atom is -0.550 e. The maximum Gasteiger partial charge on any atom is 2.00 e. The molecule has 0 spiro atoms. The molecular weight excluding hydrogens is 417 g/mol. The Morgan fingerprint density at radius 1 is 0.882 bits per heavy atom. The summed E-state index contributed by atoms with van der Waals surface area (Å²) < 4.78 is 9.20. The fourth-order valence-electron chi connectivity index (χ4n) is 0.722. The smallest absolute Gasteiger partial charge is 0.550 e. The zero-order valence-electron chi connectivity index (χ0n) is 10.4. The normalized spacial score (nSPS) is 8.59. The average Bonchev–Trinajstić information content (AvgIpc) is 2.18. The molecule has 96 valence electrons. The molecule has 0 aliphatic rings. The number of ether oxygens (including phenoxy) is 2. The molecule has 0 bridgehead atoms. The SMILES string of the molecule is COCCCC(=O)[O-].COCCCC(=O)[O-].[Hg+2]. The van der Waals surface area contributed by atoms with Crippen molar-refractivity contribution in [3.8, 4) is 0 Å². The van der Waals surface area contributed by atoms with Crippen molar-refractivity contribution in [2.24, 2.45) is 0 Å².